The van der Waals surface area contributed by atoms with Crippen molar-refractivity contribution in [1.82, 2.24) is 9.88 Å². The van der Waals surface area contributed by atoms with Crippen LogP contribution in [0, 0.1) is 0 Å². The standard InChI is InChI=1S/C10H13ClN2O4/c1-2-13-4-6(11)3-8(13)9(15)12-7(5-14)10(16)17/h3-4,7,14H,2,5H2,1H3,(H,12,15)(H,16,17)/t7-/m0/s1. The van der Waals surface area contributed by atoms with Crippen LogP contribution in [-0.4, -0.2) is 39.3 Å². The van der Waals surface area contributed by atoms with Gasteiger partial charge in [-0.1, -0.05) is 11.6 Å². The van der Waals surface area contributed by atoms with E-state index in [4.69, 9.17) is 21.8 Å². The summed E-state index contributed by atoms with van der Waals surface area (Å²) < 4.78 is 1.59. The molecule has 6 nitrogen and oxygen atoms in total. The van der Waals surface area contributed by atoms with Gasteiger partial charge in [-0.05, 0) is 13.0 Å². The molecule has 1 amide bonds. The molecule has 0 aliphatic rings. The van der Waals surface area contributed by atoms with E-state index in [0.717, 1.165) is 0 Å². The number of rotatable bonds is 5. The molecule has 94 valence electrons. The summed E-state index contributed by atoms with van der Waals surface area (Å²) >= 11 is 5.75. The van der Waals surface area contributed by atoms with Crippen molar-refractivity contribution >= 4 is 23.5 Å². The number of carboxylic acids is 1. The number of carbonyl (C=O) groups is 2. The zero-order valence-electron chi connectivity index (χ0n) is 9.18. The Morgan fingerprint density at radius 2 is 2.24 bits per heavy atom. The zero-order chi connectivity index (χ0) is 13.0. The Bertz CT molecular complexity index is 430. The van der Waals surface area contributed by atoms with E-state index in [1.54, 1.807) is 10.8 Å². The molecule has 0 aliphatic heterocycles. The summed E-state index contributed by atoms with van der Waals surface area (Å²) in [5.74, 6) is -1.87. The summed E-state index contributed by atoms with van der Waals surface area (Å²) in [4.78, 5) is 22.4. The highest BCUT2D eigenvalue weighted by Crippen LogP contribution is 2.14. The van der Waals surface area contributed by atoms with Gasteiger partial charge in [0.2, 0.25) is 0 Å². The van der Waals surface area contributed by atoms with E-state index in [1.807, 2.05) is 6.92 Å². The molecule has 7 heteroatoms. The molecule has 1 aromatic rings. The molecular formula is C10H13ClN2O4. The number of hydrogen-bond donors (Lipinski definition) is 3. The molecule has 0 radical (unpaired) electrons. The van der Waals surface area contributed by atoms with Gasteiger partial charge in [-0.2, -0.15) is 0 Å². The Kier molecular flexibility index (Phi) is 4.53. The molecule has 1 atom stereocenters. The fourth-order valence-electron chi connectivity index (χ4n) is 1.34. The van der Waals surface area contributed by atoms with Crippen LogP contribution in [0.3, 0.4) is 0 Å². The number of aliphatic carboxylic acids is 1. The SMILES string of the molecule is CCn1cc(Cl)cc1C(=O)N[C@@H](CO)C(=O)O. The Labute approximate surface area is 103 Å². The summed E-state index contributed by atoms with van der Waals surface area (Å²) in [5, 5.41) is 20.1. The topological polar surface area (TPSA) is 91.6 Å². The maximum absolute atomic E-state index is 11.7. The van der Waals surface area contributed by atoms with Crippen molar-refractivity contribution in [1.29, 1.82) is 0 Å². The minimum atomic E-state index is -1.32. The smallest absolute Gasteiger partial charge is 0.328 e. The monoisotopic (exact) mass is 260 g/mol. The van der Waals surface area contributed by atoms with E-state index in [0.29, 0.717) is 11.6 Å². The minimum absolute atomic E-state index is 0.261. The molecule has 0 fully saturated rings. The van der Waals surface area contributed by atoms with Gasteiger partial charge in [-0.3, -0.25) is 4.79 Å². The average Bonchev–Trinajstić information content (AvgIpc) is 2.66. The Morgan fingerprint density at radius 3 is 2.71 bits per heavy atom. The first-order valence-corrected chi connectivity index (χ1v) is 5.37. The molecule has 0 aromatic carbocycles. The number of aliphatic hydroxyl groups excluding tert-OH is 1. The van der Waals surface area contributed by atoms with Crippen molar-refractivity contribution in [2.45, 2.75) is 19.5 Å². The Hall–Kier alpha value is -1.53. The molecule has 1 heterocycles. The van der Waals surface area contributed by atoms with Crippen LogP contribution >= 0.6 is 11.6 Å². The molecule has 0 unspecified atom stereocenters. The van der Waals surface area contributed by atoms with Crippen molar-refractivity contribution in [2.75, 3.05) is 6.61 Å². The maximum Gasteiger partial charge on any atom is 0.328 e. The van der Waals surface area contributed by atoms with E-state index >= 15 is 0 Å². The van der Waals surface area contributed by atoms with E-state index in [-0.39, 0.29) is 5.69 Å². The quantitative estimate of drug-likeness (QED) is 0.712. The van der Waals surface area contributed by atoms with Gasteiger partial charge in [0.25, 0.3) is 5.91 Å². The van der Waals surface area contributed by atoms with E-state index in [2.05, 4.69) is 5.32 Å². The second kappa shape index (κ2) is 5.70. The first kappa shape index (κ1) is 13.5. The van der Waals surface area contributed by atoms with Crippen LogP contribution in [0.2, 0.25) is 5.02 Å². The molecule has 0 saturated heterocycles. The van der Waals surface area contributed by atoms with Gasteiger partial charge in [0.1, 0.15) is 5.69 Å². The number of aromatic nitrogens is 1. The third-order valence-electron chi connectivity index (χ3n) is 2.22. The normalized spacial score (nSPS) is 12.2. The number of halogens is 1. The fraction of sp³-hybridized carbons (Fsp3) is 0.400. The third kappa shape index (κ3) is 3.21. The number of carbonyl (C=O) groups excluding carboxylic acids is 1. The second-order valence-corrected chi connectivity index (χ2v) is 3.81. The first-order valence-electron chi connectivity index (χ1n) is 4.99. The highest BCUT2D eigenvalue weighted by atomic mass is 35.5. The summed E-state index contributed by atoms with van der Waals surface area (Å²) in [7, 11) is 0. The summed E-state index contributed by atoms with van der Waals surface area (Å²) in [5.41, 5.74) is 0.261. The average molecular weight is 261 g/mol. The van der Waals surface area contributed by atoms with E-state index in [9.17, 15) is 9.59 Å². The Balaban J connectivity index is 2.85. The lowest BCUT2D eigenvalue weighted by Gasteiger charge is -2.12. The molecule has 3 N–H and O–H groups in total. The molecule has 0 spiro atoms. The Morgan fingerprint density at radius 1 is 1.59 bits per heavy atom. The minimum Gasteiger partial charge on any atom is -0.480 e. The third-order valence-corrected chi connectivity index (χ3v) is 2.43. The number of aliphatic hydroxyl groups is 1. The molecule has 0 bridgehead atoms. The largest absolute Gasteiger partial charge is 0.480 e. The van der Waals surface area contributed by atoms with Gasteiger partial charge in [0.15, 0.2) is 6.04 Å². The molecular weight excluding hydrogens is 248 g/mol. The van der Waals surface area contributed by atoms with Crippen LogP contribution in [0.5, 0.6) is 0 Å². The number of hydrogen-bond acceptors (Lipinski definition) is 3. The molecule has 1 rings (SSSR count). The van der Waals surface area contributed by atoms with Crippen LogP contribution < -0.4 is 5.32 Å². The van der Waals surface area contributed by atoms with Gasteiger partial charge < -0.3 is 20.1 Å². The fourth-order valence-corrected chi connectivity index (χ4v) is 1.57. The van der Waals surface area contributed by atoms with Crippen molar-refractivity contribution in [3.8, 4) is 0 Å². The first-order chi connectivity index (χ1) is 7.99. The predicted molar refractivity (Wildman–Crippen MR) is 61.1 cm³/mol. The van der Waals surface area contributed by atoms with Crippen LogP contribution in [0.4, 0.5) is 0 Å². The summed E-state index contributed by atoms with van der Waals surface area (Å²) in [6, 6.07) is 0.123. The van der Waals surface area contributed by atoms with Gasteiger partial charge in [-0.25, -0.2) is 4.79 Å². The van der Waals surface area contributed by atoms with Crippen LogP contribution in [-0.2, 0) is 11.3 Å². The van der Waals surface area contributed by atoms with Gasteiger partial charge >= 0.3 is 5.97 Å². The molecule has 17 heavy (non-hydrogen) atoms. The molecule has 0 aliphatic carbocycles. The lowest BCUT2D eigenvalue weighted by molar-refractivity contribution is -0.140. The van der Waals surface area contributed by atoms with E-state index in [1.165, 1.54) is 6.07 Å². The molecule has 0 saturated carbocycles. The van der Waals surface area contributed by atoms with Crippen LogP contribution in [0.15, 0.2) is 12.3 Å². The summed E-state index contributed by atoms with van der Waals surface area (Å²) in [6.45, 7) is 1.70. The lowest BCUT2D eigenvalue weighted by Crippen LogP contribution is -2.43. The van der Waals surface area contributed by atoms with Crippen molar-refractivity contribution in [3.05, 3.63) is 23.0 Å². The predicted octanol–water partition coefficient (Wildman–Crippen LogP) is 0.337. The number of aryl methyl sites for hydroxylation is 1. The van der Waals surface area contributed by atoms with Crippen LogP contribution in [0.25, 0.3) is 0 Å². The maximum atomic E-state index is 11.7. The lowest BCUT2D eigenvalue weighted by atomic mass is 10.3. The molecule has 1 aromatic heterocycles. The van der Waals surface area contributed by atoms with E-state index < -0.39 is 24.5 Å². The van der Waals surface area contributed by atoms with Crippen molar-refractivity contribution in [2.24, 2.45) is 0 Å². The number of amides is 1. The number of nitrogens with one attached hydrogen (secondary N) is 1. The number of carboxylic acid groups (broad SMARTS) is 1. The highest BCUT2D eigenvalue weighted by molar-refractivity contribution is 6.31. The van der Waals surface area contributed by atoms with Crippen LogP contribution in [0.1, 0.15) is 17.4 Å². The van der Waals surface area contributed by atoms with Crippen molar-refractivity contribution in [3.63, 3.8) is 0 Å². The second-order valence-electron chi connectivity index (χ2n) is 3.38. The van der Waals surface area contributed by atoms with Gasteiger partial charge in [0, 0.05) is 12.7 Å². The van der Waals surface area contributed by atoms with Gasteiger partial charge in [-0.15, -0.1) is 0 Å². The van der Waals surface area contributed by atoms with Crippen molar-refractivity contribution < 1.29 is 19.8 Å². The number of nitrogens with zero attached hydrogens (tertiary/aromatic N) is 1. The highest BCUT2D eigenvalue weighted by Gasteiger charge is 2.21. The van der Waals surface area contributed by atoms with Gasteiger partial charge in [0.05, 0.1) is 11.6 Å². The summed E-state index contributed by atoms with van der Waals surface area (Å²) in [6.07, 6.45) is 1.57. The zero-order valence-corrected chi connectivity index (χ0v) is 9.94.